The van der Waals surface area contributed by atoms with Gasteiger partial charge in [0.15, 0.2) is 0 Å². The molecule has 2 aromatic carbocycles. The third-order valence-electron chi connectivity index (χ3n) is 4.23. The van der Waals surface area contributed by atoms with E-state index >= 15 is 0 Å². The second kappa shape index (κ2) is 8.26. The summed E-state index contributed by atoms with van der Waals surface area (Å²) in [6.45, 7) is 0.134. The summed E-state index contributed by atoms with van der Waals surface area (Å²) < 4.78 is 1.02. The number of aromatic carboxylic acids is 1. The predicted molar refractivity (Wildman–Crippen MR) is 105 cm³/mol. The lowest BCUT2D eigenvalue weighted by Crippen LogP contribution is -2.32. The first-order chi connectivity index (χ1) is 13.9. The number of aromatic hydroxyl groups is 2. The minimum Gasteiger partial charge on any atom is -0.507 e. The predicted octanol–water partition coefficient (Wildman–Crippen LogP) is 1.64. The van der Waals surface area contributed by atoms with Crippen molar-refractivity contribution in [1.82, 2.24) is 9.55 Å². The van der Waals surface area contributed by atoms with Gasteiger partial charge in [-0.15, -0.1) is 0 Å². The lowest BCUT2D eigenvalue weighted by Gasteiger charge is -2.09. The summed E-state index contributed by atoms with van der Waals surface area (Å²) in [5.41, 5.74) is -1.09. The number of nitrogens with one attached hydrogen (secondary N) is 1. The second-order valence-electron chi connectivity index (χ2n) is 6.15. The van der Waals surface area contributed by atoms with Gasteiger partial charge in [-0.3, -0.25) is 19.3 Å². The van der Waals surface area contributed by atoms with Gasteiger partial charge < -0.3 is 15.3 Å². The largest absolute Gasteiger partial charge is 0.507 e. The molecule has 0 radical (unpaired) electrons. The summed E-state index contributed by atoms with van der Waals surface area (Å²) in [4.78, 5) is 41.3. The maximum absolute atomic E-state index is 12.1. The third kappa shape index (κ3) is 4.41. The minimum absolute atomic E-state index is 0.134. The lowest BCUT2D eigenvalue weighted by molar-refractivity contribution is 0.0693. The standard InChI is InChI=1S/C20H17N3O6/c24-16-7-6-13(10-14(16)19(27)28)21-11-15-17(25)22-20(29)23(18(15)26)9-8-12-4-2-1-3-5-12/h1-7,10-11,24,26H,8-9H2,(H,27,28)(H,22,25,29). The van der Waals surface area contributed by atoms with Crippen molar-refractivity contribution in [1.29, 1.82) is 0 Å². The average Bonchev–Trinajstić information content (AvgIpc) is 2.69. The highest BCUT2D eigenvalue weighted by atomic mass is 16.4. The quantitative estimate of drug-likeness (QED) is 0.467. The molecule has 3 rings (SSSR count). The van der Waals surface area contributed by atoms with Crippen LogP contribution in [0.1, 0.15) is 21.5 Å². The number of H-pyrrole nitrogens is 1. The van der Waals surface area contributed by atoms with Crippen molar-refractivity contribution in [2.45, 2.75) is 13.0 Å². The average molecular weight is 395 g/mol. The van der Waals surface area contributed by atoms with Crippen LogP contribution in [0.4, 0.5) is 5.69 Å². The lowest BCUT2D eigenvalue weighted by atomic mass is 10.1. The van der Waals surface area contributed by atoms with Crippen LogP contribution in [0.25, 0.3) is 0 Å². The van der Waals surface area contributed by atoms with Crippen LogP contribution in [0.3, 0.4) is 0 Å². The van der Waals surface area contributed by atoms with E-state index < -0.39 is 28.8 Å². The minimum atomic E-state index is -1.34. The van der Waals surface area contributed by atoms with Crippen molar-refractivity contribution in [3.8, 4) is 11.6 Å². The van der Waals surface area contributed by atoms with Crippen LogP contribution < -0.4 is 11.2 Å². The topological polar surface area (TPSA) is 145 Å². The fraction of sp³-hybridized carbons (Fsp3) is 0.100. The van der Waals surface area contributed by atoms with Gasteiger partial charge in [0, 0.05) is 12.8 Å². The molecule has 0 bridgehead atoms. The molecular weight excluding hydrogens is 378 g/mol. The molecule has 0 aliphatic carbocycles. The number of nitrogens with zero attached hydrogens (tertiary/aromatic N) is 2. The first-order valence-corrected chi connectivity index (χ1v) is 8.57. The molecule has 0 saturated heterocycles. The summed E-state index contributed by atoms with van der Waals surface area (Å²) >= 11 is 0. The number of hydrogen-bond acceptors (Lipinski definition) is 6. The number of carbonyl (C=O) groups is 1. The van der Waals surface area contributed by atoms with E-state index in [2.05, 4.69) is 9.98 Å². The molecular formula is C20H17N3O6. The number of rotatable bonds is 6. The number of carboxylic acids is 1. The number of carboxylic acid groups (broad SMARTS) is 1. The van der Waals surface area contributed by atoms with Gasteiger partial charge in [-0.05, 0) is 30.2 Å². The zero-order valence-electron chi connectivity index (χ0n) is 15.1. The van der Waals surface area contributed by atoms with Gasteiger partial charge in [0.05, 0.1) is 5.69 Å². The second-order valence-corrected chi connectivity index (χ2v) is 6.15. The number of aromatic nitrogens is 2. The van der Waals surface area contributed by atoms with E-state index in [1.165, 1.54) is 6.07 Å². The molecule has 0 amide bonds. The van der Waals surface area contributed by atoms with E-state index in [0.717, 1.165) is 28.5 Å². The number of phenols is 1. The highest BCUT2D eigenvalue weighted by Crippen LogP contribution is 2.23. The molecule has 29 heavy (non-hydrogen) atoms. The number of aryl methyl sites for hydroxylation is 1. The number of benzene rings is 2. The number of hydrogen-bond donors (Lipinski definition) is 4. The Kier molecular flexibility index (Phi) is 5.59. The fourth-order valence-corrected chi connectivity index (χ4v) is 2.70. The molecule has 9 heteroatoms. The monoisotopic (exact) mass is 395 g/mol. The van der Waals surface area contributed by atoms with Crippen LogP contribution in [0.15, 0.2) is 63.1 Å². The molecule has 3 aromatic rings. The Labute approximate surface area is 163 Å². The van der Waals surface area contributed by atoms with Crippen molar-refractivity contribution in [2.24, 2.45) is 4.99 Å². The Hall–Kier alpha value is -4.14. The zero-order chi connectivity index (χ0) is 21.0. The highest BCUT2D eigenvalue weighted by molar-refractivity contribution is 5.92. The van der Waals surface area contributed by atoms with Gasteiger partial charge in [-0.25, -0.2) is 9.59 Å². The Balaban J connectivity index is 1.92. The van der Waals surface area contributed by atoms with E-state index in [1.807, 2.05) is 30.3 Å². The molecule has 0 fully saturated rings. The third-order valence-corrected chi connectivity index (χ3v) is 4.23. The Morgan fingerprint density at radius 1 is 1.10 bits per heavy atom. The first kappa shape index (κ1) is 19.6. The molecule has 0 atom stereocenters. The molecule has 4 N–H and O–H groups in total. The van der Waals surface area contributed by atoms with E-state index in [-0.39, 0.29) is 23.4 Å². The molecule has 0 aliphatic heterocycles. The van der Waals surface area contributed by atoms with Crippen LogP contribution in [-0.4, -0.2) is 37.1 Å². The molecule has 9 nitrogen and oxygen atoms in total. The molecule has 0 unspecified atom stereocenters. The summed E-state index contributed by atoms with van der Waals surface area (Å²) in [5, 5.41) is 29.0. The van der Waals surface area contributed by atoms with Gasteiger partial charge in [-0.2, -0.15) is 0 Å². The summed E-state index contributed by atoms with van der Waals surface area (Å²) in [5.74, 6) is -2.31. The normalized spacial score (nSPS) is 11.0. The van der Waals surface area contributed by atoms with Crippen LogP contribution in [0.2, 0.25) is 0 Å². The smallest absolute Gasteiger partial charge is 0.339 e. The van der Waals surface area contributed by atoms with Crippen molar-refractivity contribution < 1.29 is 20.1 Å². The van der Waals surface area contributed by atoms with Crippen molar-refractivity contribution in [3.05, 3.63) is 86.1 Å². The molecule has 148 valence electrons. The summed E-state index contributed by atoms with van der Waals surface area (Å²) in [7, 11) is 0. The molecule has 0 spiro atoms. The Bertz CT molecular complexity index is 1200. The number of aliphatic imine (C=N–C) groups is 1. The van der Waals surface area contributed by atoms with Gasteiger partial charge in [-0.1, -0.05) is 30.3 Å². The van der Waals surface area contributed by atoms with Gasteiger partial charge in [0.2, 0.25) is 5.88 Å². The molecule has 1 heterocycles. The molecule has 0 aliphatic rings. The fourth-order valence-electron chi connectivity index (χ4n) is 2.70. The van der Waals surface area contributed by atoms with Gasteiger partial charge in [0.25, 0.3) is 5.56 Å². The van der Waals surface area contributed by atoms with Crippen LogP contribution >= 0.6 is 0 Å². The van der Waals surface area contributed by atoms with Crippen molar-refractivity contribution in [3.63, 3.8) is 0 Å². The van der Waals surface area contributed by atoms with E-state index in [4.69, 9.17) is 5.11 Å². The molecule has 1 aromatic heterocycles. The van der Waals surface area contributed by atoms with Crippen molar-refractivity contribution in [2.75, 3.05) is 0 Å². The molecule has 0 saturated carbocycles. The summed E-state index contributed by atoms with van der Waals surface area (Å²) in [6.07, 6.45) is 1.49. The Morgan fingerprint density at radius 2 is 1.83 bits per heavy atom. The first-order valence-electron chi connectivity index (χ1n) is 8.57. The maximum Gasteiger partial charge on any atom is 0.339 e. The SMILES string of the molecule is O=C(O)c1cc(N=Cc2c(O)n(CCc3ccccc3)c(=O)[nH]c2=O)ccc1O. The zero-order valence-corrected chi connectivity index (χ0v) is 15.1. The number of aromatic amines is 1. The van der Waals surface area contributed by atoms with E-state index in [1.54, 1.807) is 0 Å². The maximum atomic E-state index is 12.1. The van der Waals surface area contributed by atoms with Crippen LogP contribution in [-0.2, 0) is 13.0 Å². The van der Waals surface area contributed by atoms with E-state index in [0.29, 0.717) is 6.42 Å². The van der Waals surface area contributed by atoms with E-state index in [9.17, 15) is 24.6 Å². The van der Waals surface area contributed by atoms with Gasteiger partial charge >= 0.3 is 11.7 Å². The van der Waals surface area contributed by atoms with Crippen molar-refractivity contribution >= 4 is 17.9 Å². The van der Waals surface area contributed by atoms with Crippen LogP contribution in [0, 0.1) is 0 Å². The highest BCUT2D eigenvalue weighted by Gasteiger charge is 2.13. The van der Waals surface area contributed by atoms with Gasteiger partial charge in [0.1, 0.15) is 16.9 Å². The Morgan fingerprint density at radius 3 is 2.52 bits per heavy atom. The summed E-state index contributed by atoms with van der Waals surface area (Å²) in [6, 6.07) is 12.9. The van der Waals surface area contributed by atoms with Crippen LogP contribution in [0.5, 0.6) is 11.6 Å².